The Labute approximate surface area is 125 Å². The lowest BCUT2D eigenvalue weighted by molar-refractivity contribution is -0.143. The van der Waals surface area contributed by atoms with Gasteiger partial charge in [-0.1, -0.05) is 18.2 Å². The van der Waals surface area contributed by atoms with Crippen LogP contribution in [0.2, 0.25) is 0 Å². The van der Waals surface area contributed by atoms with Crippen LogP contribution in [0, 0.1) is 0 Å². The van der Waals surface area contributed by atoms with E-state index in [1.54, 1.807) is 12.1 Å². The number of alkyl halides is 2. The van der Waals surface area contributed by atoms with E-state index in [9.17, 15) is 18.7 Å². The van der Waals surface area contributed by atoms with Gasteiger partial charge in [0.2, 0.25) is 5.78 Å². The minimum absolute atomic E-state index is 0.138. The summed E-state index contributed by atoms with van der Waals surface area (Å²) in [7, 11) is 0. The van der Waals surface area contributed by atoms with Gasteiger partial charge in [-0.2, -0.15) is 20.1 Å². The predicted molar refractivity (Wildman–Crippen MR) is 76.7 cm³/mol. The van der Waals surface area contributed by atoms with Crippen LogP contribution in [0.5, 0.6) is 0 Å². The van der Waals surface area contributed by atoms with Gasteiger partial charge < -0.3 is 5.11 Å². The smallest absolute Gasteiger partial charge is 0.331 e. The zero-order chi connectivity index (χ0) is 15.2. The number of thiophene rings is 1. The third kappa shape index (κ3) is 2.21. The minimum atomic E-state index is -3.52. The van der Waals surface area contributed by atoms with Crippen molar-refractivity contribution in [3.63, 3.8) is 0 Å². The molecule has 0 spiro atoms. The normalized spacial score (nSPS) is 21.3. The number of fused-ring (bicyclic) bond motifs is 1. The van der Waals surface area contributed by atoms with Crippen molar-refractivity contribution in [3.05, 3.63) is 57.3 Å². The van der Waals surface area contributed by atoms with Gasteiger partial charge in [-0.15, -0.1) is 0 Å². The molecule has 0 radical (unpaired) electrons. The van der Waals surface area contributed by atoms with Crippen LogP contribution in [0.3, 0.4) is 0 Å². The second-order valence-electron chi connectivity index (χ2n) is 5.31. The third-order valence-electron chi connectivity index (χ3n) is 3.91. The molecule has 1 N–H and O–H groups in total. The van der Waals surface area contributed by atoms with Gasteiger partial charge in [-0.25, -0.2) is 0 Å². The van der Waals surface area contributed by atoms with Gasteiger partial charge in [-0.05, 0) is 46.9 Å². The molecule has 1 aromatic heterocycles. The van der Waals surface area contributed by atoms with Crippen molar-refractivity contribution in [1.82, 2.24) is 0 Å². The molecule has 0 amide bonds. The highest BCUT2D eigenvalue weighted by Crippen LogP contribution is 2.49. The maximum Gasteiger partial charge on any atom is 0.331 e. The monoisotopic (exact) mass is 308 g/mol. The van der Waals surface area contributed by atoms with Gasteiger partial charge in [0.15, 0.2) is 0 Å². The van der Waals surface area contributed by atoms with Gasteiger partial charge in [0.1, 0.15) is 0 Å². The average molecular weight is 308 g/mol. The number of hydrogen-bond donors (Lipinski definition) is 1. The molecule has 1 aromatic carbocycles. The molecule has 1 aliphatic carbocycles. The summed E-state index contributed by atoms with van der Waals surface area (Å²) in [6, 6.07) is 6.48. The molecule has 0 aliphatic heterocycles. The number of Topliss-reactive ketones (excluding diaryl/α,β-unsaturated/α-hetero) is 1. The Morgan fingerprint density at radius 2 is 2.14 bits per heavy atom. The number of carbonyl (C=O) groups is 1. The lowest BCUT2D eigenvalue weighted by Gasteiger charge is -2.15. The van der Waals surface area contributed by atoms with Gasteiger partial charge in [0.25, 0.3) is 0 Å². The summed E-state index contributed by atoms with van der Waals surface area (Å²) in [5, 5.41) is 13.4. The van der Waals surface area contributed by atoms with E-state index in [2.05, 4.69) is 0 Å². The molecule has 2 atom stereocenters. The Kier molecular flexibility index (Phi) is 3.42. The van der Waals surface area contributed by atoms with Crippen molar-refractivity contribution in [1.29, 1.82) is 0 Å². The van der Waals surface area contributed by atoms with Gasteiger partial charge in [0.05, 0.1) is 12.0 Å². The molecule has 1 aliphatic rings. The van der Waals surface area contributed by atoms with Crippen molar-refractivity contribution >= 4 is 17.1 Å². The van der Waals surface area contributed by atoms with Crippen molar-refractivity contribution in [2.45, 2.75) is 31.3 Å². The minimum Gasteiger partial charge on any atom is -0.389 e. The Morgan fingerprint density at radius 1 is 1.38 bits per heavy atom. The third-order valence-corrected chi connectivity index (χ3v) is 4.65. The lowest BCUT2D eigenvalue weighted by Crippen LogP contribution is -2.24. The Morgan fingerprint density at radius 3 is 2.76 bits per heavy atom. The van der Waals surface area contributed by atoms with Gasteiger partial charge in [-0.3, -0.25) is 4.79 Å². The number of aliphatic hydroxyl groups is 1. The standard InChI is InChI=1S/C16H14F2O2S/c1-9(19)11-3-2-4-12-13(7-10-5-6-21-8-10)15(20)16(17,18)14(11)12/h2-6,8-9,13,19H,7H2,1H3/t9-,13?/m0/s1. The second-order valence-corrected chi connectivity index (χ2v) is 6.09. The summed E-state index contributed by atoms with van der Waals surface area (Å²) in [6.45, 7) is 1.43. The lowest BCUT2D eigenvalue weighted by atomic mass is 9.92. The summed E-state index contributed by atoms with van der Waals surface area (Å²) in [5.41, 5.74) is 1.06. The molecule has 0 saturated heterocycles. The molecular formula is C16H14F2O2S. The predicted octanol–water partition coefficient (Wildman–Crippen LogP) is 3.80. The van der Waals surface area contributed by atoms with Crippen LogP contribution < -0.4 is 0 Å². The number of halogens is 2. The first-order valence-corrected chi connectivity index (χ1v) is 7.61. The van der Waals surface area contributed by atoms with Crippen LogP contribution >= 0.6 is 11.3 Å². The van der Waals surface area contributed by atoms with Crippen LogP contribution in [0.1, 0.15) is 41.2 Å². The molecular weight excluding hydrogens is 294 g/mol. The van der Waals surface area contributed by atoms with Crippen molar-refractivity contribution in [3.8, 4) is 0 Å². The summed E-state index contributed by atoms with van der Waals surface area (Å²) < 4.78 is 28.7. The van der Waals surface area contributed by atoms with E-state index < -0.39 is 23.7 Å². The van der Waals surface area contributed by atoms with Crippen LogP contribution in [0.15, 0.2) is 35.0 Å². The quantitative estimate of drug-likeness (QED) is 0.936. The Bertz CT molecular complexity index is 678. The first-order valence-electron chi connectivity index (χ1n) is 6.67. The maximum absolute atomic E-state index is 14.4. The average Bonchev–Trinajstić information content (AvgIpc) is 3.01. The molecule has 0 bridgehead atoms. The number of benzene rings is 1. The van der Waals surface area contributed by atoms with E-state index in [1.165, 1.54) is 24.3 Å². The maximum atomic E-state index is 14.4. The molecule has 5 heteroatoms. The summed E-state index contributed by atoms with van der Waals surface area (Å²) >= 11 is 1.47. The number of rotatable bonds is 3. The van der Waals surface area contributed by atoms with Crippen molar-refractivity contribution in [2.75, 3.05) is 0 Å². The Balaban J connectivity index is 2.11. The first kappa shape index (κ1) is 14.4. The molecule has 1 heterocycles. The largest absolute Gasteiger partial charge is 0.389 e. The fraction of sp³-hybridized carbons (Fsp3) is 0.312. The molecule has 21 heavy (non-hydrogen) atoms. The number of carbonyl (C=O) groups excluding carboxylic acids is 1. The number of ketones is 1. The highest BCUT2D eigenvalue weighted by atomic mass is 32.1. The SMILES string of the molecule is C[C@H](O)c1cccc2c1C(F)(F)C(=O)C2Cc1ccsc1. The van der Waals surface area contributed by atoms with Crippen LogP contribution in [0.4, 0.5) is 8.78 Å². The zero-order valence-corrected chi connectivity index (χ0v) is 12.2. The van der Waals surface area contributed by atoms with Crippen LogP contribution in [0.25, 0.3) is 0 Å². The number of aliphatic hydroxyl groups excluding tert-OH is 1. The second kappa shape index (κ2) is 5.00. The van der Waals surface area contributed by atoms with E-state index in [0.717, 1.165) is 5.56 Å². The fourth-order valence-corrected chi connectivity index (χ4v) is 3.60. The van der Waals surface area contributed by atoms with E-state index in [0.29, 0.717) is 5.56 Å². The van der Waals surface area contributed by atoms with Crippen molar-refractivity contribution in [2.24, 2.45) is 0 Å². The van der Waals surface area contributed by atoms with Gasteiger partial charge >= 0.3 is 5.92 Å². The summed E-state index contributed by atoms with van der Waals surface area (Å²) in [5.74, 6) is -5.44. The molecule has 3 rings (SSSR count). The van der Waals surface area contributed by atoms with Crippen LogP contribution in [-0.4, -0.2) is 10.9 Å². The van der Waals surface area contributed by atoms with E-state index in [1.807, 2.05) is 16.8 Å². The van der Waals surface area contributed by atoms with Crippen molar-refractivity contribution < 1.29 is 18.7 Å². The molecule has 1 unspecified atom stereocenters. The number of hydrogen-bond acceptors (Lipinski definition) is 3. The highest BCUT2D eigenvalue weighted by Gasteiger charge is 2.54. The molecule has 2 nitrogen and oxygen atoms in total. The zero-order valence-electron chi connectivity index (χ0n) is 11.3. The van der Waals surface area contributed by atoms with E-state index >= 15 is 0 Å². The van der Waals surface area contributed by atoms with E-state index in [-0.39, 0.29) is 17.5 Å². The topological polar surface area (TPSA) is 37.3 Å². The summed E-state index contributed by atoms with van der Waals surface area (Å²) in [6.07, 6.45) is -0.757. The molecule has 110 valence electrons. The highest BCUT2D eigenvalue weighted by molar-refractivity contribution is 7.07. The molecule has 2 aromatic rings. The van der Waals surface area contributed by atoms with E-state index in [4.69, 9.17) is 0 Å². The Hall–Kier alpha value is -1.59. The van der Waals surface area contributed by atoms with Gasteiger partial charge in [0, 0.05) is 5.56 Å². The molecule has 0 fully saturated rings. The first-order chi connectivity index (χ1) is 9.93. The fourth-order valence-electron chi connectivity index (χ4n) is 2.92. The molecule has 0 saturated carbocycles. The summed E-state index contributed by atoms with van der Waals surface area (Å²) in [4.78, 5) is 12.2. The van der Waals surface area contributed by atoms with Crippen LogP contribution in [-0.2, 0) is 17.1 Å².